The SMILES string of the molecule is CC(C)(C)c1cc(-c2nc3ccccc3c3c2-c2ccccc2C3(C)C)[c-]c2ccccc12.CC(C)N=C([N-]C(C)C)c1ccccc1.[Ir]. The Morgan fingerprint density at radius 1 is 0.776 bits per heavy atom. The van der Waals surface area contributed by atoms with Crippen LogP contribution in [0.2, 0.25) is 0 Å². The molecule has 49 heavy (non-hydrogen) atoms. The molecule has 0 fully saturated rings. The monoisotopic (exact) mass is 822 g/mol. The third-order valence-corrected chi connectivity index (χ3v) is 9.02. The smallest absolute Gasteiger partial charge is 0.0621 e. The zero-order chi connectivity index (χ0) is 34.2. The van der Waals surface area contributed by atoms with Gasteiger partial charge in [0, 0.05) is 36.6 Å². The first kappa shape index (κ1) is 36.2. The summed E-state index contributed by atoms with van der Waals surface area (Å²) in [5, 5.41) is 8.20. The predicted molar refractivity (Wildman–Crippen MR) is 206 cm³/mol. The van der Waals surface area contributed by atoms with Crippen molar-refractivity contribution in [3.8, 4) is 22.4 Å². The summed E-state index contributed by atoms with van der Waals surface area (Å²) in [5.74, 6) is 0.862. The van der Waals surface area contributed by atoms with Gasteiger partial charge in [0.15, 0.2) is 0 Å². The number of aliphatic imine (C=N–C) groups is 1. The molecule has 5 aromatic carbocycles. The largest absolute Gasteiger partial charge is 0.462 e. The Kier molecular flexibility index (Phi) is 10.6. The van der Waals surface area contributed by atoms with Gasteiger partial charge in [0.25, 0.3) is 0 Å². The molecule has 0 N–H and O–H groups in total. The molecule has 1 aromatic heterocycles. The molecule has 1 heterocycles. The predicted octanol–water partition coefficient (Wildman–Crippen LogP) is 12.1. The molecular formula is C45H47IrN3-2. The zero-order valence-corrected chi connectivity index (χ0v) is 32.6. The van der Waals surface area contributed by atoms with E-state index >= 15 is 0 Å². The topological polar surface area (TPSA) is 39.4 Å². The number of nitrogens with zero attached hydrogens (tertiary/aromatic N) is 3. The fourth-order valence-corrected chi connectivity index (χ4v) is 6.94. The molecule has 0 amide bonds. The van der Waals surface area contributed by atoms with Gasteiger partial charge in [-0.05, 0) is 51.4 Å². The Bertz CT molecular complexity index is 2120. The minimum Gasteiger partial charge on any atom is -0.462 e. The molecule has 6 aromatic rings. The minimum atomic E-state index is -0.0904. The van der Waals surface area contributed by atoms with E-state index in [4.69, 9.17) is 4.98 Å². The Labute approximate surface area is 306 Å². The molecule has 0 saturated heterocycles. The molecule has 1 radical (unpaired) electrons. The van der Waals surface area contributed by atoms with Gasteiger partial charge in [0.05, 0.1) is 5.52 Å². The van der Waals surface area contributed by atoms with Gasteiger partial charge in [-0.1, -0.05) is 170 Å². The van der Waals surface area contributed by atoms with Crippen LogP contribution in [0, 0.1) is 6.07 Å². The number of rotatable bonds is 4. The molecule has 0 atom stereocenters. The van der Waals surface area contributed by atoms with Crippen molar-refractivity contribution in [2.75, 3.05) is 0 Å². The van der Waals surface area contributed by atoms with Crippen molar-refractivity contribution in [3.63, 3.8) is 0 Å². The van der Waals surface area contributed by atoms with Crippen LogP contribution in [0.1, 0.15) is 84.6 Å². The van der Waals surface area contributed by atoms with Crippen molar-refractivity contribution >= 4 is 27.5 Å². The number of fused-ring (bicyclic) bond motifs is 6. The third-order valence-electron chi connectivity index (χ3n) is 9.02. The van der Waals surface area contributed by atoms with Gasteiger partial charge < -0.3 is 10.3 Å². The summed E-state index contributed by atoms with van der Waals surface area (Å²) in [4.78, 5) is 9.82. The second kappa shape index (κ2) is 14.4. The summed E-state index contributed by atoms with van der Waals surface area (Å²) in [6.45, 7) is 19.8. The molecule has 0 bridgehead atoms. The molecular weight excluding hydrogens is 775 g/mol. The molecule has 253 valence electrons. The quantitative estimate of drug-likeness (QED) is 0.0992. The van der Waals surface area contributed by atoms with E-state index in [0.29, 0.717) is 0 Å². The normalized spacial score (nSPS) is 13.5. The number of hydrogen-bond donors (Lipinski definition) is 0. The van der Waals surface area contributed by atoms with Gasteiger partial charge >= 0.3 is 0 Å². The number of aromatic nitrogens is 1. The molecule has 7 rings (SSSR count). The van der Waals surface area contributed by atoms with E-state index < -0.39 is 0 Å². The number of para-hydroxylation sites is 1. The zero-order valence-electron chi connectivity index (χ0n) is 30.2. The van der Waals surface area contributed by atoms with Crippen molar-refractivity contribution in [1.29, 1.82) is 0 Å². The van der Waals surface area contributed by atoms with Crippen LogP contribution in [0.3, 0.4) is 0 Å². The van der Waals surface area contributed by atoms with Gasteiger partial charge in [-0.2, -0.15) is 0 Å². The molecule has 4 heteroatoms. The van der Waals surface area contributed by atoms with Crippen molar-refractivity contribution in [2.24, 2.45) is 4.99 Å². The molecule has 0 unspecified atom stereocenters. The fraction of sp³-hybridized carbons (Fsp3) is 0.289. The standard InChI is InChI=1S/C32H28N.C13H19N2.Ir/c1-31(2,3)26-19-21(18-20-12-6-7-13-22(20)26)30-28-23-14-8-10-16-25(23)32(4,5)29(28)24-15-9-11-17-27(24)33-30;1-10(2)14-13(15-11(3)4)12-8-6-5-7-9-12;/h6-17,19H,1-5H3;5-11H,1-4H3;/q2*-1;. The number of amidine groups is 1. The van der Waals surface area contributed by atoms with Crippen LogP contribution in [0.4, 0.5) is 0 Å². The molecule has 0 saturated carbocycles. The van der Waals surface area contributed by atoms with Gasteiger partial charge in [0.1, 0.15) is 0 Å². The maximum atomic E-state index is 5.28. The van der Waals surface area contributed by atoms with E-state index in [1.165, 1.54) is 38.6 Å². The molecule has 1 aliphatic rings. The summed E-state index contributed by atoms with van der Waals surface area (Å²) in [6.07, 6.45) is 0. The van der Waals surface area contributed by atoms with E-state index in [1.54, 1.807) is 0 Å². The van der Waals surface area contributed by atoms with E-state index in [0.717, 1.165) is 33.6 Å². The third kappa shape index (κ3) is 7.27. The van der Waals surface area contributed by atoms with Crippen LogP contribution in [0.15, 0.2) is 114 Å². The van der Waals surface area contributed by atoms with Crippen LogP contribution >= 0.6 is 0 Å². The average molecular weight is 822 g/mol. The molecule has 0 spiro atoms. The van der Waals surface area contributed by atoms with Crippen molar-refractivity contribution in [2.45, 2.75) is 85.2 Å². The van der Waals surface area contributed by atoms with Crippen LogP contribution < -0.4 is 0 Å². The second-order valence-electron chi connectivity index (χ2n) is 14.9. The molecule has 0 aliphatic heterocycles. The molecule has 1 aliphatic carbocycles. The van der Waals surface area contributed by atoms with Gasteiger partial charge in [-0.15, -0.1) is 29.1 Å². The van der Waals surface area contributed by atoms with Crippen LogP contribution in [0.25, 0.3) is 49.4 Å². The summed E-state index contributed by atoms with van der Waals surface area (Å²) in [5.41, 5.74) is 10.8. The molecule has 3 nitrogen and oxygen atoms in total. The van der Waals surface area contributed by atoms with E-state index in [2.05, 4.69) is 158 Å². The Hall–Kier alpha value is -4.11. The Balaban J connectivity index is 0.000000249. The summed E-state index contributed by atoms with van der Waals surface area (Å²) < 4.78 is 0. The van der Waals surface area contributed by atoms with Crippen molar-refractivity contribution in [3.05, 3.63) is 143 Å². The van der Waals surface area contributed by atoms with E-state index in [-0.39, 0.29) is 43.0 Å². The number of benzene rings is 5. The average Bonchev–Trinajstić information content (AvgIpc) is 3.30. The van der Waals surface area contributed by atoms with E-state index in [9.17, 15) is 0 Å². The second-order valence-corrected chi connectivity index (χ2v) is 14.9. The van der Waals surface area contributed by atoms with Gasteiger partial charge in [0.2, 0.25) is 0 Å². The minimum absolute atomic E-state index is 0. The first-order valence-electron chi connectivity index (χ1n) is 17.2. The van der Waals surface area contributed by atoms with Crippen molar-refractivity contribution < 1.29 is 20.1 Å². The summed E-state index contributed by atoms with van der Waals surface area (Å²) >= 11 is 0. The fourth-order valence-electron chi connectivity index (χ4n) is 6.94. The van der Waals surface area contributed by atoms with Crippen molar-refractivity contribution in [1.82, 2.24) is 4.98 Å². The Morgan fingerprint density at radius 3 is 2.06 bits per heavy atom. The maximum Gasteiger partial charge on any atom is 0.0621 e. The number of pyridine rings is 1. The Morgan fingerprint density at radius 2 is 1.39 bits per heavy atom. The van der Waals surface area contributed by atoms with Gasteiger partial charge in [-0.3, -0.25) is 4.98 Å². The first-order valence-corrected chi connectivity index (χ1v) is 17.2. The first-order chi connectivity index (χ1) is 22.9. The number of hydrogen-bond acceptors (Lipinski definition) is 2. The van der Waals surface area contributed by atoms with Crippen LogP contribution in [-0.4, -0.2) is 22.9 Å². The summed E-state index contributed by atoms with van der Waals surface area (Å²) in [7, 11) is 0. The maximum absolute atomic E-state index is 5.28. The summed E-state index contributed by atoms with van der Waals surface area (Å²) in [6, 6.07) is 42.8. The van der Waals surface area contributed by atoms with E-state index in [1.807, 2.05) is 30.3 Å². The van der Waals surface area contributed by atoms with Crippen LogP contribution in [-0.2, 0) is 30.9 Å². The van der Waals surface area contributed by atoms with Gasteiger partial charge in [-0.25, -0.2) is 0 Å². The van der Waals surface area contributed by atoms with Crippen LogP contribution in [0.5, 0.6) is 0 Å².